The summed E-state index contributed by atoms with van der Waals surface area (Å²) in [4.78, 5) is 11.9. The second-order valence-corrected chi connectivity index (χ2v) is 5.56. The lowest BCUT2D eigenvalue weighted by Crippen LogP contribution is -2.30. The van der Waals surface area contributed by atoms with Crippen molar-refractivity contribution in [3.63, 3.8) is 0 Å². The summed E-state index contributed by atoms with van der Waals surface area (Å²) in [6, 6.07) is 7.95. The van der Waals surface area contributed by atoms with Crippen LogP contribution in [0.15, 0.2) is 41.0 Å². The predicted octanol–water partition coefficient (Wildman–Crippen LogP) is 3.54. The van der Waals surface area contributed by atoms with Crippen LogP contribution in [-0.2, 0) is 17.5 Å². The van der Waals surface area contributed by atoms with Crippen LogP contribution in [0.5, 0.6) is 0 Å². The highest BCUT2D eigenvalue weighted by atomic mass is 79.9. The van der Waals surface area contributed by atoms with Gasteiger partial charge in [-0.1, -0.05) is 34.1 Å². The van der Waals surface area contributed by atoms with Crippen LogP contribution in [0, 0.1) is 0 Å². The van der Waals surface area contributed by atoms with Crippen LogP contribution in [-0.4, -0.2) is 15.7 Å². The number of hydrogen-bond acceptors (Lipinski definition) is 2. The van der Waals surface area contributed by atoms with Crippen LogP contribution in [0.3, 0.4) is 0 Å². The average Bonchev–Trinajstić information content (AvgIpc) is 2.87. The SMILES string of the molecule is CC(NC(=O)Cn1ccc(C(F)(F)F)n1)c1ccccc1Br. The zero-order valence-corrected chi connectivity index (χ0v) is 13.1. The number of rotatable bonds is 4. The lowest BCUT2D eigenvalue weighted by molar-refractivity contribution is -0.141. The van der Waals surface area contributed by atoms with Gasteiger partial charge in [-0.25, -0.2) is 0 Å². The summed E-state index contributed by atoms with van der Waals surface area (Å²) in [5, 5.41) is 6.06. The number of aromatic nitrogens is 2. The van der Waals surface area contributed by atoms with Gasteiger partial charge in [0.05, 0.1) is 6.04 Å². The monoisotopic (exact) mass is 375 g/mol. The molecule has 1 atom stereocenters. The number of hydrogen-bond donors (Lipinski definition) is 1. The first-order valence-electron chi connectivity index (χ1n) is 6.42. The maximum absolute atomic E-state index is 12.4. The molecule has 1 aromatic heterocycles. The standard InChI is InChI=1S/C14H13BrF3N3O/c1-9(10-4-2-3-5-11(10)15)19-13(22)8-21-7-6-12(20-21)14(16,17)18/h2-7,9H,8H2,1H3,(H,19,22). The number of carbonyl (C=O) groups excluding carboxylic acids is 1. The number of halogens is 4. The fourth-order valence-electron chi connectivity index (χ4n) is 1.94. The van der Waals surface area contributed by atoms with E-state index in [4.69, 9.17) is 0 Å². The molecule has 2 aromatic rings. The highest BCUT2D eigenvalue weighted by Gasteiger charge is 2.33. The summed E-state index contributed by atoms with van der Waals surface area (Å²) in [7, 11) is 0. The molecule has 118 valence electrons. The summed E-state index contributed by atoms with van der Waals surface area (Å²) in [6.07, 6.45) is -3.38. The van der Waals surface area contributed by atoms with E-state index in [0.717, 1.165) is 27.0 Å². The number of carbonyl (C=O) groups is 1. The molecule has 0 radical (unpaired) electrons. The van der Waals surface area contributed by atoms with Crippen molar-refractivity contribution in [2.75, 3.05) is 0 Å². The molecule has 1 aromatic carbocycles. The number of amides is 1. The molecule has 0 aliphatic rings. The van der Waals surface area contributed by atoms with Gasteiger partial charge in [-0.2, -0.15) is 18.3 Å². The Balaban J connectivity index is 1.98. The number of alkyl halides is 3. The molecule has 2 rings (SSSR count). The van der Waals surface area contributed by atoms with Gasteiger partial charge in [-0.05, 0) is 24.6 Å². The van der Waals surface area contributed by atoms with Crippen molar-refractivity contribution < 1.29 is 18.0 Å². The highest BCUT2D eigenvalue weighted by Crippen LogP contribution is 2.27. The molecule has 1 N–H and O–H groups in total. The van der Waals surface area contributed by atoms with Crippen molar-refractivity contribution in [1.29, 1.82) is 0 Å². The molecule has 0 bridgehead atoms. The number of nitrogens with one attached hydrogen (secondary N) is 1. The van der Waals surface area contributed by atoms with Crippen LogP contribution >= 0.6 is 15.9 Å². The van der Waals surface area contributed by atoms with E-state index in [1.54, 1.807) is 6.92 Å². The lowest BCUT2D eigenvalue weighted by Gasteiger charge is -2.15. The fourth-order valence-corrected chi connectivity index (χ4v) is 2.57. The van der Waals surface area contributed by atoms with Gasteiger partial charge in [0.15, 0.2) is 5.69 Å². The Hall–Kier alpha value is -1.83. The van der Waals surface area contributed by atoms with E-state index in [9.17, 15) is 18.0 Å². The smallest absolute Gasteiger partial charge is 0.348 e. The Morgan fingerprint density at radius 2 is 2.05 bits per heavy atom. The van der Waals surface area contributed by atoms with Crippen molar-refractivity contribution in [3.05, 3.63) is 52.3 Å². The van der Waals surface area contributed by atoms with E-state index in [1.807, 2.05) is 24.3 Å². The zero-order chi connectivity index (χ0) is 16.3. The van der Waals surface area contributed by atoms with Crippen LogP contribution in [0.2, 0.25) is 0 Å². The maximum atomic E-state index is 12.4. The molecule has 1 unspecified atom stereocenters. The second-order valence-electron chi connectivity index (χ2n) is 4.71. The Bertz CT molecular complexity index is 669. The molecule has 8 heteroatoms. The average molecular weight is 376 g/mol. The summed E-state index contributed by atoms with van der Waals surface area (Å²) < 4.78 is 39.1. The van der Waals surface area contributed by atoms with E-state index in [1.165, 1.54) is 0 Å². The molecule has 22 heavy (non-hydrogen) atoms. The van der Waals surface area contributed by atoms with E-state index in [0.29, 0.717) is 0 Å². The Morgan fingerprint density at radius 1 is 1.36 bits per heavy atom. The third-order valence-corrected chi connectivity index (χ3v) is 3.71. The van der Waals surface area contributed by atoms with Gasteiger partial charge in [0.1, 0.15) is 6.54 Å². The van der Waals surface area contributed by atoms with Gasteiger partial charge in [0.25, 0.3) is 0 Å². The first-order chi connectivity index (χ1) is 10.3. The topological polar surface area (TPSA) is 46.9 Å². The molecule has 4 nitrogen and oxygen atoms in total. The normalized spacial score (nSPS) is 13.0. The molecule has 0 spiro atoms. The minimum Gasteiger partial charge on any atom is -0.348 e. The Morgan fingerprint density at radius 3 is 2.64 bits per heavy atom. The summed E-state index contributed by atoms with van der Waals surface area (Å²) >= 11 is 3.38. The van der Waals surface area contributed by atoms with Crippen LogP contribution in [0.4, 0.5) is 13.2 Å². The first kappa shape index (κ1) is 16.5. The largest absolute Gasteiger partial charge is 0.435 e. The number of benzene rings is 1. The molecular weight excluding hydrogens is 363 g/mol. The van der Waals surface area contributed by atoms with Crippen molar-refractivity contribution in [1.82, 2.24) is 15.1 Å². The summed E-state index contributed by atoms with van der Waals surface area (Å²) in [5.74, 6) is -0.417. The van der Waals surface area contributed by atoms with Gasteiger partial charge in [0, 0.05) is 10.7 Å². The van der Waals surface area contributed by atoms with Crippen LogP contribution < -0.4 is 5.32 Å². The van der Waals surface area contributed by atoms with Crippen molar-refractivity contribution in [2.24, 2.45) is 0 Å². The zero-order valence-electron chi connectivity index (χ0n) is 11.6. The van der Waals surface area contributed by atoms with Gasteiger partial charge in [-0.3, -0.25) is 9.48 Å². The molecule has 1 amide bonds. The first-order valence-corrected chi connectivity index (χ1v) is 7.21. The van der Waals surface area contributed by atoms with Gasteiger partial charge >= 0.3 is 6.18 Å². The minimum absolute atomic E-state index is 0.273. The third kappa shape index (κ3) is 4.09. The van der Waals surface area contributed by atoms with Crippen molar-refractivity contribution >= 4 is 21.8 Å². The fraction of sp³-hybridized carbons (Fsp3) is 0.286. The highest BCUT2D eigenvalue weighted by molar-refractivity contribution is 9.10. The van der Waals surface area contributed by atoms with Crippen molar-refractivity contribution in [3.8, 4) is 0 Å². The Kier molecular flexibility index (Phi) is 4.90. The molecule has 0 aliphatic heterocycles. The van der Waals surface area contributed by atoms with E-state index >= 15 is 0 Å². The van der Waals surface area contributed by atoms with Gasteiger partial charge < -0.3 is 5.32 Å². The molecule has 0 fully saturated rings. The van der Waals surface area contributed by atoms with E-state index < -0.39 is 17.8 Å². The van der Waals surface area contributed by atoms with Gasteiger partial charge in [0.2, 0.25) is 5.91 Å². The second kappa shape index (κ2) is 6.51. The number of nitrogens with zero attached hydrogens (tertiary/aromatic N) is 2. The van der Waals surface area contributed by atoms with E-state index in [2.05, 4.69) is 26.3 Å². The Labute approximate surface area is 133 Å². The maximum Gasteiger partial charge on any atom is 0.435 e. The van der Waals surface area contributed by atoms with Crippen LogP contribution in [0.25, 0.3) is 0 Å². The predicted molar refractivity (Wildman–Crippen MR) is 77.9 cm³/mol. The molecule has 1 heterocycles. The quantitative estimate of drug-likeness (QED) is 0.888. The van der Waals surface area contributed by atoms with Crippen LogP contribution in [0.1, 0.15) is 24.2 Å². The van der Waals surface area contributed by atoms with Gasteiger partial charge in [-0.15, -0.1) is 0 Å². The minimum atomic E-state index is -4.51. The van der Waals surface area contributed by atoms with Crippen molar-refractivity contribution in [2.45, 2.75) is 25.7 Å². The molecular formula is C14H13BrF3N3O. The lowest BCUT2D eigenvalue weighted by atomic mass is 10.1. The summed E-state index contributed by atoms with van der Waals surface area (Å²) in [6.45, 7) is 1.52. The third-order valence-electron chi connectivity index (χ3n) is 2.99. The molecule has 0 saturated carbocycles. The molecule has 0 aliphatic carbocycles. The van der Waals surface area contributed by atoms with E-state index in [-0.39, 0.29) is 12.6 Å². The summed E-state index contributed by atoms with van der Waals surface area (Å²) in [5.41, 5.74) is -0.133. The molecule has 0 saturated heterocycles.